The maximum atomic E-state index is 5.81. The summed E-state index contributed by atoms with van der Waals surface area (Å²) < 4.78 is 5.81. The topological polar surface area (TPSA) is 37.4 Å². The molecule has 1 saturated heterocycles. The van der Waals surface area contributed by atoms with E-state index in [1.807, 2.05) is 18.4 Å². The van der Waals surface area contributed by atoms with E-state index in [0.29, 0.717) is 12.2 Å². The van der Waals surface area contributed by atoms with Crippen LogP contribution in [0.2, 0.25) is 0 Å². The van der Waals surface area contributed by atoms with Crippen LogP contribution in [-0.2, 0) is 11.3 Å². The molecule has 1 aromatic heterocycles. The normalized spacial score (nSPS) is 27.8. The van der Waals surface area contributed by atoms with Crippen molar-refractivity contribution < 1.29 is 4.74 Å². The Morgan fingerprint density at radius 2 is 2.00 bits per heavy atom. The summed E-state index contributed by atoms with van der Waals surface area (Å²) >= 11 is 1.86. The molecule has 1 saturated carbocycles. The number of aromatic nitrogens is 1. The summed E-state index contributed by atoms with van der Waals surface area (Å²) in [6.45, 7) is 7.15. The molecule has 1 N–H and O–H groups in total. The molecule has 0 aromatic carbocycles. The Labute approximate surface area is 119 Å². The minimum atomic E-state index is 0.296. The lowest BCUT2D eigenvalue weighted by molar-refractivity contribution is -0.00523. The third kappa shape index (κ3) is 2.93. The Hall–Kier alpha value is -0.650. The molecule has 1 aliphatic heterocycles. The van der Waals surface area contributed by atoms with Gasteiger partial charge in [-0.1, -0.05) is 0 Å². The van der Waals surface area contributed by atoms with Crippen LogP contribution in [0.15, 0.2) is 0 Å². The second kappa shape index (κ2) is 5.38. The zero-order valence-electron chi connectivity index (χ0n) is 12.0. The van der Waals surface area contributed by atoms with E-state index in [1.165, 1.54) is 28.5 Å². The van der Waals surface area contributed by atoms with Crippen molar-refractivity contribution in [3.05, 3.63) is 10.6 Å². The summed E-state index contributed by atoms with van der Waals surface area (Å²) in [4.78, 5) is 8.75. The van der Waals surface area contributed by atoms with Gasteiger partial charge in [0.05, 0.1) is 17.9 Å². The number of morpholine rings is 1. The van der Waals surface area contributed by atoms with Gasteiger partial charge in [0.1, 0.15) is 0 Å². The molecule has 1 aromatic rings. The van der Waals surface area contributed by atoms with E-state index in [-0.39, 0.29) is 0 Å². The van der Waals surface area contributed by atoms with Crippen LogP contribution < -0.4 is 10.2 Å². The van der Waals surface area contributed by atoms with Gasteiger partial charge < -0.3 is 15.0 Å². The van der Waals surface area contributed by atoms with E-state index in [4.69, 9.17) is 9.72 Å². The average Bonchev–Trinajstić information content (AvgIpc) is 3.10. The van der Waals surface area contributed by atoms with E-state index in [9.17, 15) is 0 Å². The maximum absolute atomic E-state index is 5.81. The zero-order valence-corrected chi connectivity index (χ0v) is 12.8. The molecule has 4 nitrogen and oxygen atoms in total. The Bertz CT molecular complexity index is 434. The van der Waals surface area contributed by atoms with Crippen LogP contribution in [0.3, 0.4) is 0 Å². The second-order valence-electron chi connectivity index (χ2n) is 5.77. The predicted molar refractivity (Wildman–Crippen MR) is 79.1 cm³/mol. The first kappa shape index (κ1) is 13.3. The number of hydrogen-bond donors (Lipinski definition) is 1. The van der Waals surface area contributed by atoms with E-state index in [0.717, 1.165) is 25.6 Å². The van der Waals surface area contributed by atoms with Gasteiger partial charge in [-0.25, -0.2) is 4.98 Å². The van der Waals surface area contributed by atoms with E-state index < -0.39 is 0 Å². The summed E-state index contributed by atoms with van der Waals surface area (Å²) in [6.07, 6.45) is 3.22. The molecule has 0 amide bonds. The van der Waals surface area contributed by atoms with Crippen molar-refractivity contribution in [3.8, 4) is 0 Å². The quantitative estimate of drug-likeness (QED) is 0.919. The summed E-state index contributed by atoms with van der Waals surface area (Å²) in [5.41, 5.74) is 1.35. The standard InChI is InChI=1S/C14H23N3OS/c1-9-7-17(8-10(2)18-9)14-16-13(11-4-5-11)12(19-14)6-15-3/h9-11,15H,4-8H2,1-3H3/t9-,10+. The van der Waals surface area contributed by atoms with Crippen molar-refractivity contribution in [1.29, 1.82) is 0 Å². The lowest BCUT2D eigenvalue weighted by Gasteiger charge is -2.35. The summed E-state index contributed by atoms with van der Waals surface area (Å²) in [5.74, 6) is 0.726. The summed E-state index contributed by atoms with van der Waals surface area (Å²) in [6, 6.07) is 0. The molecule has 0 bridgehead atoms. The van der Waals surface area contributed by atoms with Crippen molar-refractivity contribution in [1.82, 2.24) is 10.3 Å². The third-order valence-electron chi connectivity index (χ3n) is 3.71. The fraction of sp³-hybridized carbons (Fsp3) is 0.786. The Morgan fingerprint density at radius 1 is 1.32 bits per heavy atom. The van der Waals surface area contributed by atoms with Crippen LogP contribution in [0.5, 0.6) is 0 Å². The number of nitrogens with one attached hydrogen (secondary N) is 1. The molecule has 19 heavy (non-hydrogen) atoms. The van der Waals surface area contributed by atoms with Crippen LogP contribution in [0.1, 0.15) is 43.2 Å². The van der Waals surface area contributed by atoms with Gasteiger partial charge in [-0.3, -0.25) is 0 Å². The fourth-order valence-corrected chi connectivity index (χ4v) is 3.96. The van der Waals surface area contributed by atoms with E-state index in [2.05, 4.69) is 24.1 Å². The first-order chi connectivity index (χ1) is 9.17. The molecular weight excluding hydrogens is 258 g/mol. The minimum Gasteiger partial charge on any atom is -0.372 e. The van der Waals surface area contributed by atoms with Crippen LogP contribution in [-0.4, -0.2) is 37.3 Å². The van der Waals surface area contributed by atoms with Gasteiger partial charge in [-0.2, -0.15) is 0 Å². The van der Waals surface area contributed by atoms with Gasteiger partial charge in [0.2, 0.25) is 0 Å². The van der Waals surface area contributed by atoms with Gasteiger partial charge in [0.15, 0.2) is 5.13 Å². The zero-order chi connectivity index (χ0) is 13.4. The van der Waals surface area contributed by atoms with Gasteiger partial charge in [0, 0.05) is 30.4 Å². The summed E-state index contributed by atoms with van der Waals surface area (Å²) in [5, 5.41) is 4.46. The van der Waals surface area contributed by atoms with Crippen molar-refractivity contribution >= 4 is 16.5 Å². The molecule has 0 unspecified atom stereocenters. The lowest BCUT2D eigenvalue weighted by atomic mass is 10.2. The highest BCUT2D eigenvalue weighted by atomic mass is 32.1. The van der Waals surface area contributed by atoms with Gasteiger partial charge in [0.25, 0.3) is 0 Å². The average molecular weight is 281 g/mol. The van der Waals surface area contributed by atoms with Crippen LogP contribution in [0.4, 0.5) is 5.13 Å². The van der Waals surface area contributed by atoms with Crippen LogP contribution >= 0.6 is 11.3 Å². The smallest absolute Gasteiger partial charge is 0.186 e. The van der Waals surface area contributed by atoms with Gasteiger partial charge in [-0.05, 0) is 33.7 Å². The Morgan fingerprint density at radius 3 is 2.58 bits per heavy atom. The number of rotatable bonds is 4. The number of hydrogen-bond acceptors (Lipinski definition) is 5. The monoisotopic (exact) mass is 281 g/mol. The first-order valence-corrected chi connectivity index (χ1v) is 8.03. The van der Waals surface area contributed by atoms with Crippen LogP contribution in [0, 0.1) is 0 Å². The Balaban J connectivity index is 1.81. The molecule has 1 aliphatic carbocycles. The van der Waals surface area contributed by atoms with E-state index >= 15 is 0 Å². The number of ether oxygens (including phenoxy) is 1. The highest BCUT2D eigenvalue weighted by Gasteiger charge is 2.31. The van der Waals surface area contributed by atoms with Crippen molar-refractivity contribution in [3.63, 3.8) is 0 Å². The largest absolute Gasteiger partial charge is 0.372 e. The lowest BCUT2D eigenvalue weighted by Crippen LogP contribution is -2.45. The number of thiazole rings is 1. The fourth-order valence-electron chi connectivity index (χ4n) is 2.78. The van der Waals surface area contributed by atoms with Crippen molar-refractivity contribution in [2.75, 3.05) is 25.0 Å². The molecule has 0 spiro atoms. The highest BCUT2D eigenvalue weighted by molar-refractivity contribution is 7.15. The SMILES string of the molecule is CNCc1sc(N2C[C@@H](C)O[C@@H](C)C2)nc1C1CC1. The molecule has 2 heterocycles. The second-order valence-corrected chi connectivity index (χ2v) is 6.83. The molecule has 2 fully saturated rings. The van der Waals surface area contributed by atoms with Gasteiger partial charge in [-0.15, -0.1) is 11.3 Å². The molecule has 3 rings (SSSR count). The third-order valence-corrected chi connectivity index (χ3v) is 4.84. The molecule has 5 heteroatoms. The van der Waals surface area contributed by atoms with Crippen molar-refractivity contribution in [2.24, 2.45) is 0 Å². The highest BCUT2D eigenvalue weighted by Crippen LogP contribution is 2.44. The molecule has 2 aliphatic rings. The molecule has 106 valence electrons. The molecule has 2 atom stereocenters. The van der Waals surface area contributed by atoms with E-state index in [1.54, 1.807) is 0 Å². The Kier molecular flexibility index (Phi) is 3.78. The molecule has 0 radical (unpaired) electrons. The number of anilines is 1. The number of nitrogens with zero attached hydrogens (tertiary/aromatic N) is 2. The predicted octanol–water partition coefficient (Wildman–Crippen LogP) is 2.35. The van der Waals surface area contributed by atoms with Gasteiger partial charge >= 0.3 is 0 Å². The molecular formula is C14H23N3OS. The van der Waals surface area contributed by atoms with Crippen molar-refractivity contribution in [2.45, 2.75) is 51.4 Å². The maximum Gasteiger partial charge on any atom is 0.186 e. The first-order valence-electron chi connectivity index (χ1n) is 7.22. The summed E-state index contributed by atoms with van der Waals surface area (Å²) in [7, 11) is 2.01. The minimum absolute atomic E-state index is 0.296. The van der Waals surface area contributed by atoms with Crippen LogP contribution in [0.25, 0.3) is 0 Å².